The molecule has 0 aliphatic carbocycles. The fourth-order valence-electron chi connectivity index (χ4n) is 3.36. The Morgan fingerprint density at radius 1 is 1.22 bits per heavy atom. The Kier molecular flexibility index (Phi) is 5.95. The summed E-state index contributed by atoms with van der Waals surface area (Å²) in [7, 11) is 0. The topological polar surface area (TPSA) is 84.5 Å². The van der Waals surface area contributed by atoms with Crippen molar-refractivity contribution in [2.75, 3.05) is 37.0 Å². The number of amides is 1. The maximum atomic E-state index is 11.8. The lowest BCUT2D eigenvalue weighted by molar-refractivity contribution is -0.388. The molecule has 0 spiro atoms. The highest BCUT2D eigenvalue weighted by atomic mass is 35.5. The first kappa shape index (κ1) is 19.2. The van der Waals surface area contributed by atoms with Crippen molar-refractivity contribution < 1.29 is 9.72 Å². The van der Waals surface area contributed by atoms with E-state index in [9.17, 15) is 14.9 Å². The number of hydrogen-bond acceptors (Lipinski definition) is 5. The Morgan fingerprint density at radius 2 is 1.89 bits per heavy atom. The SMILES string of the molecule is CCc1nc([N+](=O)[O-])c(N2CCN(C(=O)CCl)CC2)n1Cc1ccccc1. The monoisotopic (exact) mass is 391 g/mol. The number of piperazine rings is 1. The van der Waals surface area contributed by atoms with Crippen LogP contribution in [0.3, 0.4) is 0 Å². The molecule has 0 unspecified atom stereocenters. The van der Waals surface area contributed by atoms with E-state index < -0.39 is 4.92 Å². The number of nitro groups is 1. The van der Waals surface area contributed by atoms with Crippen LogP contribution in [0.15, 0.2) is 30.3 Å². The molecule has 1 aliphatic rings. The van der Waals surface area contributed by atoms with Gasteiger partial charge in [-0.05, 0) is 15.5 Å². The lowest BCUT2D eigenvalue weighted by atomic mass is 10.2. The van der Waals surface area contributed by atoms with Crippen molar-refractivity contribution in [3.8, 4) is 0 Å². The molecular weight excluding hydrogens is 370 g/mol. The van der Waals surface area contributed by atoms with E-state index in [1.54, 1.807) is 4.90 Å². The largest absolute Gasteiger partial charge is 0.406 e. The third-order valence-corrected chi connectivity index (χ3v) is 4.95. The number of benzene rings is 1. The van der Waals surface area contributed by atoms with Crippen LogP contribution in [0.4, 0.5) is 11.6 Å². The lowest BCUT2D eigenvalue weighted by Crippen LogP contribution is -2.49. The van der Waals surface area contributed by atoms with Gasteiger partial charge in [-0.1, -0.05) is 37.3 Å². The molecule has 1 amide bonds. The molecule has 3 rings (SSSR count). The number of hydrogen-bond donors (Lipinski definition) is 0. The molecular formula is C18H22ClN5O3. The fraction of sp³-hybridized carbons (Fsp3) is 0.444. The third kappa shape index (κ3) is 4.05. The molecule has 27 heavy (non-hydrogen) atoms. The molecule has 0 bridgehead atoms. The molecule has 1 aliphatic heterocycles. The average molecular weight is 392 g/mol. The zero-order valence-corrected chi connectivity index (χ0v) is 15.9. The summed E-state index contributed by atoms with van der Waals surface area (Å²) in [6, 6.07) is 9.82. The Labute approximate surface area is 162 Å². The van der Waals surface area contributed by atoms with Crippen LogP contribution in [0.5, 0.6) is 0 Å². The number of imidazole rings is 1. The summed E-state index contributed by atoms with van der Waals surface area (Å²) in [5.41, 5.74) is 1.05. The minimum absolute atomic E-state index is 0.0495. The van der Waals surface area contributed by atoms with E-state index in [1.165, 1.54) is 0 Å². The van der Waals surface area contributed by atoms with Gasteiger partial charge in [0.2, 0.25) is 17.5 Å². The Hall–Kier alpha value is -2.61. The molecule has 2 aromatic rings. The maximum absolute atomic E-state index is 11.8. The molecule has 0 radical (unpaired) electrons. The van der Waals surface area contributed by atoms with Gasteiger partial charge < -0.3 is 19.9 Å². The van der Waals surface area contributed by atoms with Crippen molar-refractivity contribution in [2.45, 2.75) is 19.9 Å². The molecule has 0 N–H and O–H groups in total. The summed E-state index contributed by atoms with van der Waals surface area (Å²) >= 11 is 5.63. The van der Waals surface area contributed by atoms with Gasteiger partial charge in [0.15, 0.2) is 0 Å². The maximum Gasteiger partial charge on any atom is 0.406 e. The second kappa shape index (κ2) is 8.39. The third-order valence-electron chi connectivity index (χ3n) is 4.72. The minimum atomic E-state index is -0.424. The number of carbonyl (C=O) groups excluding carboxylic acids is 1. The van der Waals surface area contributed by atoms with Crippen molar-refractivity contribution >= 4 is 29.1 Å². The summed E-state index contributed by atoms with van der Waals surface area (Å²) in [5.74, 6) is 0.905. The van der Waals surface area contributed by atoms with Gasteiger partial charge in [-0.3, -0.25) is 9.36 Å². The van der Waals surface area contributed by atoms with Crippen LogP contribution in [-0.4, -0.2) is 57.3 Å². The van der Waals surface area contributed by atoms with E-state index >= 15 is 0 Å². The number of alkyl halides is 1. The van der Waals surface area contributed by atoms with Crippen molar-refractivity contribution in [2.24, 2.45) is 0 Å². The van der Waals surface area contributed by atoms with Gasteiger partial charge in [0.25, 0.3) is 0 Å². The standard InChI is InChI=1S/C18H22ClN5O3/c1-2-15-20-17(24(26)27)18(23(15)13-14-6-4-3-5-7-14)22-10-8-21(9-11-22)16(25)12-19/h3-7H,2,8-13H2,1H3. The molecule has 8 nitrogen and oxygen atoms in total. The van der Waals surface area contributed by atoms with Crippen molar-refractivity contribution in [3.63, 3.8) is 0 Å². The van der Waals surface area contributed by atoms with Gasteiger partial charge >= 0.3 is 5.82 Å². The van der Waals surface area contributed by atoms with Crippen LogP contribution < -0.4 is 4.90 Å². The van der Waals surface area contributed by atoms with Gasteiger partial charge in [0.1, 0.15) is 5.88 Å². The van der Waals surface area contributed by atoms with Crippen molar-refractivity contribution in [3.05, 3.63) is 51.8 Å². The predicted octanol–water partition coefficient (Wildman–Crippen LogP) is 2.29. The highest BCUT2D eigenvalue weighted by Gasteiger charge is 2.33. The molecule has 144 valence electrons. The van der Waals surface area contributed by atoms with Gasteiger partial charge in [0.05, 0.1) is 6.54 Å². The highest BCUT2D eigenvalue weighted by molar-refractivity contribution is 6.27. The number of rotatable bonds is 6. The normalized spacial score (nSPS) is 14.4. The van der Waals surface area contributed by atoms with Crippen LogP contribution >= 0.6 is 11.6 Å². The Balaban J connectivity index is 1.94. The summed E-state index contributed by atoms with van der Waals surface area (Å²) in [4.78, 5) is 30.9. The van der Waals surface area contributed by atoms with E-state index in [1.807, 2.05) is 46.7 Å². The average Bonchev–Trinajstić information content (AvgIpc) is 3.07. The number of halogens is 1. The summed E-state index contributed by atoms with van der Waals surface area (Å²) in [5, 5.41) is 11.6. The molecule has 9 heteroatoms. The fourth-order valence-corrected chi connectivity index (χ4v) is 3.53. The van der Waals surface area contributed by atoms with Crippen LogP contribution in [-0.2, 0) is 17.8 Å². The van der Waals surface area contributed by atoms with Gasteiger partial charge in [-0.25, -0.2) is 0 Å². The van der Waals surface area contributed by atoms with E-state index in [2.05, 4.69) is 4.98 Å². The molecule has 0 saturated carbocycles. The van der Waals surface area contributed by atoms with Crippen LogP contribution in [0.2, 0.25) is 0 Å². The van der Waals surface area contributed by atoms with E-state index in [0.717, 1.165) is 5.56 Å². The second-order valence-electron chi connectivity index (χ2n) is 6.36. The summed E-state index contributed by atoms with van der Waals surface area (Å²) in [6.45, 7) is 4.44. The van der Waals surface area contributed by atoms with Gasteiger partial charge in [0, 0.05) is 32.6 Å². The number of anilines is 1. The van der Waals surface area contributed by atoms with E-state index in [4.69, 9.17) is 11.6 Å². The first-order chi connectivity index (χ1) is 13.0. The summed E-state index contributed by atoms with van der Waals surface area (Å²) < 4.78 is 1.92. The smallest absolute Gasteiger partial charge is 0.358 e. The lowest BCUT2D eigenvalue weighted by Gasteiger charge is -2.35. The highest BCUT2D eigenvalue weighted by Crippen LogP contribution is 2.31. The van der Waals surface area contributed by atoms with E-state index in [0.29, 0.717) is 50.8 Å². The zero-order chi connectivity index (χ0) is 19.4. The van der Waals surface area contributed by atoms with Crippen LogP contribution in [0.25, 0.3) is 0 Å². The summed E-state index contributed by atoms with van der Waals surface area (Å²) in [6.07, 6.45) is 0.596. The molecule has 1 saturated heterocycles. The van der Waals surface area contributed by atoms with Gasteiger partial charge in [-0.15, -0.1) is 11.6 Å². The molecule has 0 atom stereocenters. The number of aromatic nitrogens is 2. The van der Waals surface area contributed by atoms with Crippen LogP contribution in [0, 0.1) is 10.1 Å². The quantitative estimate of drug-likeness (QED) is 0.428. The van der Waals surface area contributed by atoms with Crippen molar-refractivity contribution in [1.29, 1.82) is 0 Å². The van der Waals surface area contributed by atoms with Crippen molar-refractivity contribution in [1.82, 2.24) is 14.5 Å². The molecule has 1 aromatic heterocycles. The Bertz CT molecular complexity index is 816. The predicted molar refractivity (Wildman–Crippen MR) is 103 cm³/mol. The second-order valence-corrected chi connectivity index (χ2v) is 6.63. The molecule has 2 heterocycles. The minimum Gasteiger partial charge on any atom is -0.358 e. The number of carbonyl (C=O) groups is 1. The number of nitrogens with zero attached hydrogens (tertiary/aromatic N) is 5. The first-order valence-corrected chi connectivity index (χ1v) is 9.45. The Morgan fingerprint density at radius 3 is 2.44 bits per heavy atom. The first-order valence-electron chi connectivity index (χ1n) is 8.91. The molecule has 1 aromatic carbocycles. The molecule has 1 fully saturated rings. The zero-order valence-electron chi connectivity index (χ0n) is 15.2. The van der Waals surface area contributed by atoms with Gasteiger partial charge in [-0.2, -0.15) is 0 Å². The van der Waals surface area contributed by atoms with Crippen LogP contribution in [0.1, 0.15) is 18.3 Å². The van der Waals surface area contributed by atoms with E-state index in [-0.39, 0.29) is 17.6 Å². The number of aryl methyl sites for hydroxylation is 1.